The Morgan fingerprint density at radius 3 is 2.79 bits per heavy atom. The van der Waals surface area contributed by atoms with Crippen molar-refractivity contribution in [3.63, 3.8) is 0 Å². The first-order chi connectivity index (χ1) is 9.26. The average molecular weight is 252 g/mol. The van der Waals surface area contributed by atoms with Gasteiger partial charge >= 0.3 is 0 Å². The number of aromatic nitrogens is 1. The van der Waals surface area contributed by atoms with Gasteiger partial charge in [0.15, 0.2) is 0 Å². The molecule has 1 aromatic carbocycles. The van der Waals surface area contributed by atoms with Gasteiger partial charge in [0.05, 0.1) is 5.69 Å². The van der Waals surface area contributed by atoms with E-state index in [1.54, 1.807) is 12.1 Å². The standard InChI is InChI=1S/C15H12N2O2/c1-2-9-19-14-6-4-3-5-12(14)13-8-7-11(10-16)15(18)17-13/h2-8H,1,9H2,(H,17,18). The van der Waals surface area contributed by atoms with E-state index in [1.807, 2.05) is 30.3 Å². The molecule has 4 heteroatoms. The van der Waals surface area contributed by atoms with Gasteiger partial charge in [-0.15, -0.1) is 0 Å². The number of para-hydroxylation sites is 1. The summed E-state index contributed by atoms with van der Waals surface area (Å²) < 4.78 is 5.53. The second-order valence-electron chi connectivity index (χ2n) is 3.82. The lowest BCUT2D eigenvalue weighted by molar-refractivity contribution is 0.364. The fourth-order valence-electron chi connectivity index (χ4n) is 1.68. The summed E-state index contributed by atoms with van der Waals surface area (Å²) in [6.07, 6.45) is 1.65. The molecule has 1 N–H and O–H groups in total. The Balaban J connectivity index is 2.47. The van der Waals surface area contributed by atoms with Crippen LogP contribution in [-0.4, -0.2) is 11.6 Å². The van der Waals surface area contributed by atoms with Crippen LogP contribution in [0, 0.1) is 11.3 Å². The summed E-state index contributed by atoms with van der Waals surface area (Å²) in [6, 6.07) is 12.4. The monoisotopic (exact) mass is 252 g/mol. The van der Waals surface area contributed by atoms with Gasteiger partial charge in [-0.3, -0.25) is 4.79 Å². The molecule has 0 saturated heterocycles. The molecule has 0 radical (unpaired) electrons. The molecule has 0 amide bonds. The number of ether oxygens (including phenoxy) is 1. The number of nitrogens with one attached hydrogen (secondary N) is 1. The van der Waals surface area contributed by atoms with E-state index in [-0.39, 0.29) is 5.56 Å². The van der Waals surface area contributed by atoms with Crippen molar-refractivity contribution < 1.29 is 4.74 Å². The third kappa shape index (κ3) is 2.72. The van der Waals surface area contributed by atoms with Crippen molar-refractivity contribution in [1.82, 2.24) is 4.98 Å². The molecule has 0 spiro atoms. The highest BCUT2D eigenvalue weighted by Gasteiger charge is 2.07. The Bertz CT molecular complexity index is 696. The van der Waals surface area contributed by atoms with Crippen LogP contribution in [0.25, 0.3) is 11.3 Å². The van der Waals surface area contributed by atoms with Crippen LogP contribution in [0.4, 0.5) is 0 Å². The van der Waals surface area contributed by atoms with E-state index in [4.69, 9.17) is 10.00 Å². The van der Waals surface area contributed by atoms with Crippen molar-refractivity contribution >= 4 is 0 Å². The Morgan fingerprint density at radius 1 is 1.32 bits per heavy atom. The van der Waals surface area contributed by atoms with E-state index in [1.165, 1.54) is 6.07 Å². The lowest BCUT2D eigenvalue weighted by atomic mass is 10.1. The molecule has 0 saturated carbocycles. The van der Waals surface area contributed by atoms with Crippen molar-refractivity contribution in [2.45, 2.75) is 0 Å². The van der Waals surface area contributed by atoms with Crippen molar-refractivity contribution in [2.75, 3.05) is 6.61 Å². The smallest absolute Gasteiger partial charge is 0.266 e. The Hall–Kier alpha value is -2.80. The predicted octanol–water partition coefficient (Wildman–Crippen LogP) is 2.48. The first-order valence-electron chi connectivity index (χ1n) is 5.73. The fraction of sp³-hybridized carbons (Fsp3) is 0.0667. The number of nitrogens with zero attached hydrogens (tertiary/aromatic N) is 1. The number of hydrogen-bond acceptors (Lipinski definition) is 3. The molecule has 0 unspecified atom stereocenters. The molecule has 0 fully saturated rings. The molecule has 2 aromatic rings. The summed E-state index contributed by atoms with van der Waals surface area (Å²) in [5.41, 5.74) is 1.07. The van der Waals surface area contributed by atoms with Crippen LogP contribution in [-0.2, 0) is 0 Å². The van der Waals surface area contributed by atoms with E-state index in [0.717, 1.165) is 5.56 Å². The Kier molecular flexibility index (Phi) is 3.79. The number of hydrogen-bond donors (Lipinski definition) is 1. The topological polar surface area (TPSA) is 65.9 Å². The first kappa shape index (κ1) is 12.7. The number of nitriles is 1. The molecule has 94 valence electrons. The van der Waals surface area contributed by atoms with E-state index in [2.05, 4.69) is 11.6 Å². The van der Waals surface area contributed by atoms with Gasteiger partial charge in [-0.05, 0) is 24.3 Å². The van der Waals surface area contributed by atoms with Gasteiger partial charge in [-0.25, -0.2) is 0 Å². The molecular formula is C15H12N2O2. The van der Waals surface area contributed by atoms with Gasteiger partial charge in [0, 0.05) is 5.56 Å². The second-order valence-corrected chi connectivity index (χ2v) is 3.82. The van der Waals surface area contributed by atoms with Crippen LogP contribution in [0.2, 0.25) is 0 Å². The zero-order valence-corrected chi connectivity index (χ0v) is 10.2. The van der Waals surface area contributed by atoms with Crippen LogP contribution in [0.1, 0.15) is 5.56 Å². The molecule has 1 heterocycles. The SMILES string of the molecule is C=CCOc1ccccc1-c1ccc(C#N)c(=O)[nH]1. The molecule has 0 aliphatic heterocycles. The summed E-state index contributed by atoms with van der Waals surface area (Å²) in [6.45, 7) is 3.98. The van der Waals surface area contributed by atoms with E-state index < -0.39 is 5.56 Å². The average Bonchev–Trinajstić information content (AvgIpc) is 2.45. The van der Waals surface area contributed by atoms with E-state index in [9.17, 15) is 4.79 Å². The normalized spacial score (nSPS) is 9.63. The molecule has 0 atom stereocenters. The summed E-state index contributed by atoms with van der Waals surface area (Å²) in [5, 5.41) is 8.74. The number of H-pyrrole nitrogens is 1. The molecule has 0 aliphatic carbocycles. The molecule has 1 aromatic heterocycles. The lowest BCUT2D eigenvalue weighted by Gasteiger charge is -2.09. The van der Waals surface area contributed by atoms with Gasteiger partial charge in [0.2, 0.25) is 0 Å². The van der Waals surface area contributed by atoms with Gasteiger partial charge in [-0.1, -0.05) is 24.8 Å². The number of benzene rings is 1. The quantitative estimate of drug-likeness (QED) is 0.850. The van der Waals surface area contributed by atoms with Gasteiger partial charge in [0.25, 0.3) is 5.56 Å². The minimum atomic E-state index is -0.404. The predicted molar refractivity (Wildman–Crippen MR) is 72.9 cm³/mol. The van der Waals surface area contributed by atoms with Gasteiger partial charge in [0.1, 0.15) is 24.0 Å². The molecule has 0 aliphatic rings. The molecule has 0 bridgehead atoms. The van der Waals surface area contributed by atoms with Crippen LogP contribution in [0.15, 0.2) is 53.8 Å². The summed E-state index contributed by atoms with van der Waals surface area (Å²) >= 11 is 0. The maximum absolute atomic E-state index is 11.6. The Morgan fingerprint density at radius 2 is 2.11 bits per heavy atom. The molecular weight excluding hydrogens is 240 g/mol. The first-order valence-corrected chi connectivity index (χ1v) is 5.73. The molecule has 2 rings (SSSR count). The van der Waals surface area contributed by atoms with Crippen molar-refractivity contribution in [1.29, 1.82) is 5.26 Å². The molecule has 19 heavy (non-hydrogen) atoms. The van der Waals surface area contributed by atoms with E-state index in [0.29, 0.717) is 18.1 Å². The highest BCUT2D eigenvalue weighted by Crippen LogP contribution is 2.27. The second kappa shape index (κ2) is 5.69. The van der Waals surface area contributed by atoms with Crippen LogP contribution < -0.4 is 10.3 Å². The van der Waals surface area contributed by atoms with Crippen LogP contribution >= 0.6 is 0 Å². The third-order valence-corrected chi connectivity index (χ3v) is 2.56. The van der Waals surface area contributed by atoms with Crippen LogP contribution in [0.3, 0.4) is 0 Å². The van der Waals surface area contributed by atoms with Crippen molar-refractivity contribution in [2.24, 2.45) is 0 Å². The van der Waals surface area contributed by atoms with Gasteiger partial charge in [-0.2, -0.15) is 5.26 Å². The van der Waals surface area contributed by atoms with Crippen LogP contribution in [0.5, 0.6) is 5.75 Å². The van der Waals surface area contributed by atoms with Crippen molar-refractivity contribution in [3.8, 4) is 23.1 Å². The largest absolute Gasteiger partial charge is 0.489 e. The maximum atomic E-state index is 11.6. The lowest BCUT2D eigenvalue weighted by Crippen LogP contribution is -2.10. The molecule has 4 nitrogen and oxygen atoms in total. The van der Waals surface area contributed by atoms with Gasteiger partial charge < -0.3 is 9.72 Å². The fourth-order valence-corrected chi connectivity index (χ4v) is 1.68. The third-order valence-electron chi connectivity index (χ3n) is 2.56. The summed E-state index contributed by atoms with van der Waals surface area (Å²) in [4.78, 5) is 14.3. The van der Waals surface area contributed by atoms with Crippen molar-refractivity contribution in [3.05, 3.63) is 65.0 Å². The number of aromatic amines is 1. The summed E-state index contributed by atoms with van der Waals surface area (Å²) in [5.74, 6) is 0.655. The number of pyridine rings is 1. The summed E-state index contributed by atoms with van der Waals surface area (Å²) in [7, 11) is 0. The zero-order valence-electron chi connectivity index (χ0n) is 10.2. The zero-order chi connectivity index (χ0) is 13.7. The Labute approximate surface area is 110 Å². The number of rotatable bonds is 4. The maximum Gasteiger partial charge on any atom is 0.266 e. The highest BCUT2D eigenvalue weighted by molar-refractivity contribution is 5.67. The van der Waals surface area contributed by atoms with E-state index >= 15 is 0 Å². The highest BCUT2D eigenvalue weighted by atomic mass is 16.5. The minimum absolute atomic E-state index is 0.0910. The minimum Gasteiger partial charge on any atom is -0.489 e.